The second kappa shape index (κ2) is 7.11. The number of likely N-dealkylation sites (N-methyl/N-ethyl adjacent to an activating group) is 1. The van der Waals surface area contributed by atoms with Gasteiger partial charge in [-0.3, -0.25) is 4.79 Å². The molecule has 0 bridgehead atoms. The van der Waals surface area contributed by atoms with Crippen LogP contribution in [0.25, 0.3) is 0 Å². The number of carbonyl (C=O) groups is 2. The number of piperidine rings is 1. The van der Waals surface area contributed by atoms with Crippen LogP contribution < -0.4 is 10.1 Å². The van der Waals surface area contributed by atoms with Crippen LogP contribution in [0.5, 0.6) is 5.75 Å². The van der Waals surface area contributed by atoms with Gasteiger partial charge in [0.15, 0.2) is 0 Å². The highest BCUT2D eigenvalue weighted by molar-refractivity contribution is 5.79. The topological polar surface area (TPSA) is 67.9 Å². The Labute approximate surface area is 143 Å². The van der Waals surface area contributed by atoms with Gasteiger partial charge in [-0.1, -0.05) is 12.1 Å². The van der Waals surface area contributed by atoms with E-state index in [4.69, 9.17) is 9.47 Å². The number of ether oxygens (including phenoxy) is 2. The van der Waals surface area contributed by atoms with Gasteiger partial charge in [0, 0.05) is 32.0 Å². The Morgan fingerprint density at radius 2 is 1.88 bits per heavy atom. The van der Waals surface area contributed by atoms with E-state index < -0.39 is 11.7 Å². The Hall–Kier alpha value is -2.24. The van der Waals surface area contributed by atoms with Crippen LogP contribution in [0.3, 0.4) is 0 Å². The van der Waals surface area contributed by atoms with Gasteiger partial charge in [-0.2, -0.15) is 0 Å². The molecule has 1 aromatic rings. The Kier molecular flexibility index (Phi) is 5.36. The monoisotopic (exact) mass is 334 g/mol. The molecule has 1 aliphatic heterocycles. The number of methoxy groups -OCH3 is 1. The van der Waals surface area contributed by atoms with Crippen LogP contribution in [0.2, 0.25) is 0 Å². The lowest BCUT2D eigenvalue weighted by molar-refractivity contribution is -0.133. The largest absolute Gasteiger partial charge is 0.497 e. The molecule has 1 N–H and O–H groups in total. The predicted octanol–water partition coefficient (Wildman–Crippen LogP) is 2.53. The average Bonchev–Trinajstić information content (AvgIpc) is 2.49. The number of amides is 2. The van der Waals surface area contributed by atoms with Crippen molar-refractivity contribution >= 4 is 12.0 Å². The second-order valence-electron chi connectivity index (χ2n) is 7.11. The first-order chi connectivity index (χ1) is 11.2. The summed E-state index contributed by atoms with van der Waals surface area (Å²) in [7, 11) is 3.40. The van der Waals surface area contributed by atoms with Gasteiger partial charge in [-0.25, -0.2) is 4.79 Å². The molecular weight excluding hydrogens is 308 g/mol. The molecule has 0 radical (unpaired) electrons. The van der Waals surface area contributed by atoms with Crippen molar-refractivity contribution in [3.05, 3.63) is 29.8 Å². The fourth-order valence-corrected chi connectivity index (χ4v) is 2.81. The molecule has 1 aliphatic rings. The molecular formula is C18H26N2O4. The molecule has 0 saturated carbocycles. The van der Waals surface area contributed by atoms with E-state index in [9.17, 15) is 9.59 Å². The van der Waals surface area contributed by atoms with E-state index in [2.05, 4.69) is 5.32 Å². The van der Waals surface area contributed by atoms with Crippen molar-refractivity contribution in [2.75, 3.05) is 20.7 Å². The lowest BCUT2D eigenvalue weighted by atomic mass is 9.86. The van der Waals surface area contributed by atoms with E-state index in [-0.39, 0.29) is 24.3 Å². The van der Waals surface area contributed by atoms with Crippen molar-refractivity contribution < 1.29 is 19.1 Å². The molecule has 6 nitrogen and oxygen atoms in total. The molecule has 1 aromatic carbocycles. The summed E-state index contributed by atoms with van der Waals surface area (Å²) in [6.45, 7) is 5.99. The van der Waals surface area contributed by atoms with Crippen molar-refractivity contribution in [3.8, 4) is 5.75 Å². The van der Waals surface area contributed by atoms with E-state index in [0.29, 0.717) is 6.54 Å². The van der Waals surface area contributed by atoms with Crippen molar-refractivity contribution in [2.24, 2.45) is 0 Å². The minimum absolute atomic E-state index is 0.00567. The second-order valence-corrected chi connectivity index (χ2v) is 7.11. The smallest absolute Gasteiger partial charge is 0.407 e. The zero-order valence-corrected chi connectivity index (χ0v) is 15.0. The normalized spacial score (nSPS) is 21.4. The van der Waals surface area contributed by atoms with Gasteiger partial charge in [-0.05, 0) is 38.5 Å². The standard InChI is InChI=1S/C18H26N2O4/c1-18(2,3)24-17(22)19-15-10-16(21)20(4)11-14(15)12-6-8-13(23-5)9-7-12/h6-9,14-15H,10-11H2,1-5H3,(H,19,22). The molecule has 6 heteroatoms. The van der Waals surface area contributed by atoms with Gasteiger partial charge in [0.1, 0.15) is 11.4 Å². The molecule has 0 aliphatic carbocycles. The van der Waals surface area contributed by atoms with Crippen LogP contribution in [-0.2, 0) is 9.53 Å². The zero-order chi connectivity index (χ0) is 17.9. The quantitative estimate of drug-likeness (QED) is 0.922. The van der Waals surface area contributed by atoms with Crippen LogP contribution in [0.4, 0.5) is 4.79 Å². The first-order valence-corrected chi connectivity index (χ1v) is 8.07. The first kappa shape index (κ1) is 18.1. The molecule has 2 amide bonds. The van der Waals surface area contributed by atoms with Crippen LogP contribution in [0, 0.1) is 0 Å². The average molecular weight is 334 g/mol. The van der Waals surface area contributed by atoms with Gasteiger partial charge in [0.2, 0.25) is 5.91 Å². The summed E-state index contributed by atoms with van der Waals surface area (Å²) < 4.78 is 10.5. The van der Waals surface area contributed by atoms with Gasteiger partial charge in [-0.15, -0.1) is 0 Å². The molecule has 2 unspecified atom stereocenters. The zero-order valence-electron chi connectivity index (χ0n) is 15.0. The molecule has 2 atom stereocenters. The summed E-state index contributed by atoms with van der Waals surface area (Å²) in [6, 6.07) is 7.41. The first-order valence-electron chi connectivity index (χ1n) is 8.07. The summed E-state index contributed by atoms with van der Waals surface area (Å²) in [4.78, 5) is 25.9. The van der Waals surface area contributed by atoms with E-state index in [1.165, 1.54) is 0 Å². The Morgan fingerprint density at radius 3 is 2.42 bits per heavy atom. The summed E-state index contributed by atoms with van der Waals surface area (Å²) in [5, 5.41) is 2.86. The number of hydrogen-bond donors (Lipinski definition) is 1. The maximum atomic E-state index is 12.1. The number of carbonyl (C=O) groups excluding carboxylic acids is 2. The third kappa shape index (κ3) is 4.63. The SMILES string of the molecule is COc1ccc(C2CN(C)C(=O)CC2NC(=O)OC(C)(C)C)cc1. The highest BCUT2D eigenvalue weighted by Crippen LogP contribution is 2.29. The van der Waals surface area contributed by atoms with Gasteiger partial charge < -0.3 is 19.7 Å². The molecule has 132 valence electrons. The molecule has 0 spiro atoms. The minimum Gasteiger partial charge on any atom is -0.497 e. The highest BCUT2D eigenvalue weighted by Gasteiger charge is 2.35. The van der Waals surface area contributed by atoms with Crippen molar-refractivity contribution in [1.29, 1.82) is 0 Å². The van der Waals surface area contributed by atoms with Crippen LogP contribution in [0.1, 0.15) is 38.7 Å². The van der Waals surface area contributed by atoms with Crippen molar-refractivity contribution in [2.45, 2.75) is 44.8 Å². The molecule has 2 rings (SSSR count). The number of nitrogens with zero attached hydrogens (tertiary/aromatic N) is 1. The number of alkyl carbamates (subject to hydrolysis) is 1. The number of likely N-dealkylation sites (tertiary alicyclic amines) is 1. The number of benzene rings is 1. The number of hydrogen-bond acceptors (Lipinski definition) is 4. The molecule has 0 aromatic heterocycles. The summed E-state index contributed by atoms with van der Waals surface area (Å²) >= 11 is 0. The van der Waals surface area contributed by atoms with E-state index in [1.807, 2.05) is 45.0 Å². The van der Waals surface area contributed by atoms with Crippen molar-refractivity contribution in [1.82, 2.24) is 10.2 Å². The van der Waals surface area contributed by atoms with E-state index in [0.717, 1.165) is 11.3 Å². The predicted molar refractivity (Wildman–Crippen MR) is 91.1 cm³/mol. The molecule has 1 fully saturated rings. The molecule has 1 heterocycles. The third-order valence-electron chi connectivity index (χ3n) is 4.02. The minimum atomic E-state index is -0.574. The Morgan fingerprint density at radius 1 is 1.25 bits per heavy atom. The van der Waals surface area contributed by atoms with Crippen molar-refractivity contribution in [3.63, 3.8) is 0 Å². The maximum Gasteiger partial charge on any atom is 0.407 e. The molecule has 24 heavy (non-hydrogen) atoms. The van der Waals surface area contributed by atoms with E-state index in [1.54, 1.807) is 19.1 Å². The van der Waals surface area contributed by atoms with E-state index >= 15 is 0 Å². The third-order valence-corrected chi connectivity index (χ3v) is 4.02. The Balaban J connectivity index is 2.17. The van der Waals surface area contributed by atoms with Gasteiger partial charge >= 0.3 is 6.09 Å². The van der Waals surface area contributed by atoms with Crippen LogP contribution in [-0.4, -0.2) is 49.2 Å². The summed E-state index contributed by atoms with van der Waals surface area (Å²) in [6.07, 6.45) is -0.240. The summed E-state index contributed by atoms with van der Waals surface area (Å²) in [5.74, 6) is 0.794. The Bertz CT molecular complexity index is 592. The van der Waals surface area contributed by atoms with Gasteiger partial charge in [0.25, 0.3) is 0 Å². The van der Waals surface area contributed by atoms with Gasteiger partial charge in [0.05, 0.1) is 7.11 Å². The fourth-order valence-electron chi connectivity index (χ4n) is 2.81. The molecule has 1 saturated heterocycles. The highest BCUT2D eigenvalue weighted by atomic mass is 16.6. The fraction of sp³-hybridized carbons (Fsp3) is 0.556. The maximum absolute atomic E-state index is 12.1. The van der Waals surface area contributed by atoms with Crippen LogP contribution >= 0.6 is 0 Å². The number of nitrogens with one attached hydrogen (secondary N) is 1. The lowest BCUT2D eigenvalue weighted by Crippen LogP contribution is -2.51. The summed E-state index contributed by atoms with van der Waals surface area (Å²) in [5.41, 5.74) is 0.478. The lowest BCUT2D eigenvalue weighted by Gasteiger charge is -2.37. The number of rotatable bonds is 3. The van der Waals surface area contributed by atoms with Crippen LogP contribution in [0.15, 0.2) is 24.3 Å².